The molecule has 1 aromatic carbocycles. The van der Waals surface area contributed by atoms with Crippen LogP contribution in [0.1, 0.15) is 18.9 Å². The summed E-state index contributed by atoms with van der Waals surface area (Å²) in [5.41, 5.74) is 1.17. The molecule has 0 aromatic heterocycles. The topological polar surface area (TPSA) is 12.0 Å². The molecule has 0 amide bonds. The van der Waals surface area contributed by atoms with Crippen LogP contribution < -0.4 is 5.32 Å². The molecule has 0 bridgehead atoms. The van der Waals surface area contributed by atoms with E-state index in [0.717, 1.165) is 23.0 Å². The van der Waals surface area contributed by atoms with Crippen LogP contribution in [0, 0.1) is 5.82 Å². The molecule has 13 heavy (non-hydrogen) atoms. The highest BCUT2D eigenvalue weighted by atomic mass is 79.9. The van der Waals surface area contributed by atoms with Gasteiger partial charge in [-0.25, -0.2) is 4.39 Å². The average Bonchev–Trinajstić information content (AvgIpc) is 2.00. The number of benzene rings is 1. The van der Waals surface area contributed by atoms with Crippen molar-refractivity contribution in [3.8, 4) is 0 Å². The second-order valence-corrected chi connectivity index (χ2v) is 4.49. The third kappa shape index (κ3) is 1.51. The third-order valence-corrected chi connectivity index (χ3v) is 3.32. The summed E-state index contributed by atoms with van der Waals surface area (Å²) in [5.74, 6) is -0.196. The van der Waals surface area contributed by atoms with Crippen LogP contribution in [-0.4, -0.2) is 6.54 Å². The van der Waals surface area contributed by atoms with Crippen LogP contribution in [0.15, 0.2) is 22.7 Å². The molecule has 1 fully saturated rings. The Morgan fingerprint density at radius 1 is 1.54 bits per heavy atom. The summed E-state index contributed by atoms with van der Waals surface area (Å²) in [5, 5.41) is 3.35. The Bertz CT molecular complexity index is 334. The SMILES string of the molecule is CC1(c2ccc(F)cc2Br)CCN1. The quantitative estimate of drug-likeness (QED) is 0.800. The second kappa shape index (κ2) is 3.07. The minimum atomic E-state index is -0.196. The van der Waals surface area contributed by atoms with Gasteiger partial charge in [0.15, 0.2) is 0 Å². The molecule has 1 heterocycles. The van der Waals surface area contributed by atoms with Gasteiger partial charge in [-0.3, -0.25) is 0 Å². The molecule has 0 radical (unpaired) electrons. The van der Waals surface area contributed by atoms with E-state index in [0.29, 0.717) is 0 Å². The normalized spacial score (nSPS) is 27.0. The maximum absolute atomic E-state index is 12.8. The van der Waals surface area contributed by atoms with Gasteiger partial charge in [0.05, 0.1) is 0 Å². The Hall–Kier alpha value is -0.410. The van der Waals surface area contributed by atoms with E-state index in [2.05, 4.69) is 28.2 Å². The van der Waals surface area contributed by atoms with Gasteiger partial charge in [0.1, 0.15) is 5.82 Å². The van der Waals surface area contributed by atoms with E-state index in [4.69, 9.17) is 0 Å². The van der Waals surface area contributed by atoms with Crippen molar-refractivity contribution in [2.24, 2.45) is 0 Å². The number of halogens is 2. The highest BCUT2D eigenvalue weighted by Crippen LogP contribution is 2.35. The van der Waals surface area contributed by atoms with Gasteiger partial charge in [0, 0.05) is 10.0 Å². The molecule has 3 heteroatoms. The molecule has 1 N–H and O–H groups in total. The van der Waals surface area contributed by atoms with E-state index in [9.17, 15) is 4.39 Å². The molecule has 2 rings (SSSR count). The third-order valence-electron chi connectivity index (χ3n) is 2.67. The van der Waals surface area contributed by atoms with Crippen molar-refractivity contribution in [1.29, 1.82) is 0 Å². The van der Waals surface area contributed by atoms with E-state index < -0.39 is 0 Å². The van der Waals surface area contributed by atoms with Crippen molar-refractivity contribution < 1.29 is 4.39 Å². The highest BCUT2D eigenvalue weighted by molar-refractivity contribution is 9.10. The second-order valence-electron chi connectivity index (χ2n) is 3.63. The molecule has 1 aliphatic heterocycles. The van der Waals surface area contributed by atoms with Crippen molar-refractivity contribution in [1.82, 2.24) is 5.32 Å². The van der Waals surface area contributed by atoms with E-state index >= 15 is 0 Å². The summed E-state index contributed by atoms with van der Waals surface area (Å²) >= 11 is 3.38. The molecule has 1 atom stereocenters. The summed E-state index contributed by atoms with van der Waals surface area (Å²) in [4.78, 5) is 0. The lowest BCUT2D eigenvalue weighted by molar-refractivity contribution is 0.235. The zero-order valence-electron chi connectivity index (χ0n) is 7.40. The fourth-order valence-corrected chi connectivity index (χ4v) is 2.46. The van der Waals surface area contributed by atoms with E-state index in [1.54, 1.807) is 0 Å². The fourth-order valence-electron chi connectivity index (χ4n) is 1.67. The van der Waals surface area contributed by atoms with Gasteiger partial charge in [-0.2, -0.15) is 0 Å². The van der Waals surface area contributed by atoms with Crippen LogP contribution in [0.5, 0.6) is 0 Å². The Kier molecular flexibility index (Phi) is 2.16. The zero-order valence-corrected chi connectivity index (χ0v) is 8.99. The van der Waals surface area contributed by atoms with Gasteiger partial charge < -0.3 is 5.32 Å². The standard InChI is InChI=1S/C10H11BrFN/c1-10(4-5-13-10)8-3-2-7(12)6-9(8)11/h2-3,6,13H,4-5H2,1H3. The maximum atomic E-state index is 12.8. The van der Waals surface area contributed by atoms with Gasteiger partial charge in [0.2, 0.25) is 0 Å². The zero-order chi connectivity index (χ0) is 9.47. The van der Waals surface area contributed by atoms with Crippen molar-refractivity contribution in [2.75, 3.05) is 6.54 Å². The minimum absolute atomic E-state index is 0.0343. The molecule has 0 aliphatic carbocycles. The largest absolute Gasteiger partial charge is 0.307 e. The molecule has 0 saturated carbocycles. The highest BCUT2D eigenvalue weighted by Gasteiger charge is 2.34. The molecule has 0 spiro atoms. The van der Waals surface area contributed by atoms with E-state index in [1.165, 1.54) is 12.1 Å². The summed E-state index contributed by atoms with van der Waals surface area (Å²) in [6.07, 6.45) is 1.11. The van der Waals surface area contributed by atoms with Gasteiger partial charge in [0.25, 0.3) is 0 Å². The molecule has 1 unspecified atom stereocenters. The first-order chi connectivity index (χ1) is 6.12. The summed E-state index contributed by atoms with van der Waals surface area (Å²) in [6.45, 7) is 3.18. The predicted octanol–water partition coefficient (Wildman–Crippen LogP) is 2.80. The monoisotopic (exact) mass is 243 g/mol. The Labute approximate surface area is 85.5 Å². The summed E-state index contributed by atoms with van der Waals surface area (Å²) in [7, 11) is 0. The predicted molar refractivity (Wildman–Crippen MR) is 54.1 cm³/mol. The lowest BCUT2D eigenvalue weighted by Gasteiger charge is -2.41. The van der Waals surface area contributed by atoms with Gasteiger partial charge in [-0.05, 0) is 37.6 Å². The Morgan fingerprint density at radius 2 is 2.23 bits per heavy atom. The molecular formula is C10H11BrFN. The van der Waals surface area contributed by atoms with Gasteiger partial charge in [-0.1, -0.05) is 22.0 Å². The van der Waals surface area contributed by atoms with Crippen LogP contribution in [-0.2, 0) is 5.54 Å². The molecule has 1 nitrogen and oxygen atoms in total. The molecule has 1 aliphatic rings. The van der Waals surface area contributed by atoms with Crippen LogP contribution in [0.25, 0.3) is 0 Å². The lowest BCUT2D eigenvalue weighted by Crippen LogP contribution is -2.51. The Balaban J connectivity index is 2.40. The first kappa shape index (κ1) is 9.16. The van der Waals surface area contributed by atoms with E-state index in [1.807, 2.05) is 6.07 Å². The van der Waals surface area contributed by atoms with Gasteiger partial charge in [-0.15, -0.1) is 0 Å². The van der Waals surface area contributed by atoms with Crippen molar-refractivity contribution in [3.63, 3.8) is 0 Å². The van der Waals surface area contributed by atoms with Crippen molar-refractivity contribution in [2.45, 2.75) is 18.9 Å². The van der Waals surface area contributed by atoms with Crippen LogP contribution in [0.2, 0.25) is 0 Å². The number of hydrogen-bond donors (Lipinski definition) is 1. The van der Waals surface area contributed by atoms with Gasteiger partial charge >= 0.3 is 0 Å². The minimum Gasteiger partial charge on any atom is -0.307 e. The van der Waals surface area contributed by atoms with Crippen molar-refractivity contribution >= 4 is 15.9 Å². The summed E-state index contributed by atoms with van der Waals surface area (Å²) < 4.78 is 13.7. The molecular weight excluding hydrogens is 233 g/mol. The van der Waals surface area contributed by atoms with Crippen LogP contribution >= 0.6 is 15.9 Å². The Morgan fingerprint density at radius 3 is 2.69 bits per heavy atom. The van der Waals surface area contributed by atoms with E-state index in [-0.39, 0.29) is 11.4 Å². The first-order valence-electron chi connectivity index (χ1n) is 4.32. The van der Waals surface area contributed by atoms with Crippen LogP contribution in [0.4, 0.5) is 4.39 Å². The summed E-state index contributed by atoms with van der Waals surface area (Å²) in [6, 6.07) is 4.86. The fraction of sp³-hybridized carbons (Fsp3) is 0.400. The molecule has 1 saturated heterocycles. The van der Waals surface area contributed by atoms with Crippen molar-refractivity contribution in [3.05, 3.63) is 34.1 Å². The first-order valence-corrected chi connectivity index (χ1v) is 5.12. The van der Waals surface area contributed by atoms with Crippen LogP contribution in [0.3, 0.4) is 0 Å². The molecule has 70 valence electrons. The smallest absolute Gasteiger partial charge is 0.124 e. The maximum Gasteiger partial charge on any atom is 0.124 e. The average molecular weight is 244 g/mol. The lowest BCUT2D eigenvalue weighted by atomic mass is 9.83. The number of nitrogens with one attached hydrogen (secondary N) is 1. The number of rotatable bonds is 1. The molecule has 1 aromatic rings. The number of hydrogen-bond acceptors (Lipinski definition) is 1.